The summed E-state index contributed by atoms with van der Waals surface area (Å²) in [5.74, 6) is -0.611. The highest BCUT2D eigenvalue weighted by Gasteiger charge is 2.13. The maximum atomic E-state index is 13.5. The Bertz CT molecular complexity index is 378. The summed E-state index contributed by atoms with van der Waals surface area (Å²) in [4.78, 5) is 13.0. The normalized spacial score (nSPS) is 10.4. The molecule has 1 amide bonds. The minimum absolute atomic E-state index is 0.000921. The monoisotopic (exact) mass is 259 g/mol. The molecule has 5 heteroatoms. The number of rotatable bonds is 5. The third kappa shape index (κ3) is 3.98. The van der Waals surface area contributed by atoms with E-state index < -0.39 is 5.82 Å². The summed E-state index contributed by atoms with van der Waals surface area (Å²) in [6.07, 6.45) is 0. The molecular formula is C12H15ClFNO2. The van der Waals surface area contributed by atoms with Crippen LogP contribution in [0.1, 0.15) is 12.5 Å². The molecule has 0 fully saturated rings. The number of carbonyl (C=O) groups is 1. The van der Waals surface area contributed by atoms with Gasteiger partial charge in [-0.1, -0.05) is 17.7 Å². The number of benzene rings is 1. The topological polar surface area (TPSA) is 29.5 Å². The van der Waals surface area contributed by atoms with Crippen LogP contribution in [0.15, 0.2) is 18.2 Å². The van der Waals surface area contributed by atoms with Crippen LogP contribution < -0.4 is 0 Å². The van der Waals surface area contributed by atoms with Crippen LogP contribution in [0.5, 0.6) is 0 Å². The van der Waals surface area contributed by atoms with Gasteiger partial charge < -0.3 is 9.64 Å². The van der Waals surface area contributed by atoms with Gasteiger partial charge in [-0.05, 0) is 19.1 Å². The van der Waals surface area contributed by atoms with E-state index in [0.717, 1.165) is 0 Å². The van der Waals surface area contributed by atoms with Gasteiger partial charge in [0.2, 0.25) is 5.91 Å². The first-order chi connectivity index (χ1) is 8.06. The van der Waals surface area contributed by atoms with Crippen molar-refractivity contribution in [3.05, 3.63) is 34.6 Å². The zero-order valence-electron chi connectivity index (χ0n) is 9.87. The van der Waals surface area contributed by atoms with Crippen LogP contribution in [-0.2, 0) is 16.1 Å². The minimum atomic E-state index is -0.409. The van der Waals surface area contributed by atoms with Gasteiger partial charge in [0.05, 0.1) is 0 Å². The molecule has 0 aliphatic rings. The van der Waals surface area contributed by atoms with Crippen molar-refractivity contribution in [3.63, 3.8) is 0 Å². The number of ether oxygens (including phenoxy) is 1. The van der Waals surface area contributed by atoms with Crippen LogP contribution in [0, 0.1) is 5.82 Å². The van der Waals surface area contributed by atoms with Crippen LogP contribution in [-0.4, -0.2) is 31.1 Å². The summed E-state index contributed by atoms with van der Waals surface area (Å²) in [5.41, 5.74) is 0.321. The summed E-state index contributed by atoms with van der Waals surface area (Å²) in [7, 11) is 1.59. The smallest absolute Gasteiger partial charge is 0.248 e. The Balaban J connectivity index is 2.67. The molecule has 0 aliphatic heterocycles. The largest absolute Gasteiger partial charge is 0.372 e. The molecule has 0 spiro atoms. The first kappa shape index (κ1) is 13.9. The summed E-state index contributed by atoms with van der Waals surface area (Å²) < 4.78 is 18.5. The summed E-state index contributed by atoms with van der Waals surface area (Å²) in [6.45, 7) is 2.41. The van der Waals surface area contributed by atoms with Gasteiger partial charge in [-0.25, -0.2) is 4.39 Å². The molecular weight excluding hydrogens is 245 g/mol. The fraction of sp³-hybridized carbons (Fsp3) is 0.417. The number of hydrogen-bond donors (Lipinski definition) is 0. The van der Waals surface area contributed by atoms with Crippen molar-refractivity contribution in [1.29, 1.82) is 0 Å². The second kappa shape index (κ2) is 6.57. The predicted octanol–water partition coefficient (Wildman–Crippen LogP) is 2.47. The van der Waals surface area contributed by atoms with E-state index in [1.54, 1.807) is 20.0 Å². The van der Waals surface area contributed by atoms with Gasteiger partial charge in [0.1, 0.15) is 12.4 Å². The second-order valence-corrected chi connectivity index (χ2v) is 3.99. The summed E-state index contributed by atoms with van der Waals surface area (Å²) in [5, 5.41) is 0.320. The van der Waals surface area contributed by atoms with Gasteiger partial charge in [0.25, 0.3) is 0 Å². The number of amides is 1. The Hall–Kier alpha value is -1.13. The highest BCUT2D eigenvalue weighted by atomic mass is 35.5. The molecule has 3 nitrogen and oxygen atoms in total. The molecule has 0 bridgehead atoms. The Morgan fingerprint density at radius 2 is 2.24 bits per heavy atom. The van der Waals surface area contributed by atoms with E-state index in [-0.39, 0.29) is 19.1 Å². The lowest BCUT2D eigenvalue weighted by atomic mass is 10.2. The average Bonchev–Trinajstić information content (AvgIpc) is 2.30. The fourth-order valence-corrected chi connectivity index (χ4v) is 1.53. The molecule has 0 saturated carbocycles. The lowest BCUT2D eigenvalue weighted by molar-refractivity contribution is -0.135. The van der Waals surface area contributed by atoms with Gasteiger partial charge >= 0.3 is 0 Å². The van der Waals surface area contributed by atoms with Gasteiger partial charge in [0.15, 0.2) is 0 Å². The minimum Gasteiger partial charge on any atom is -0.372 e. The molecule has 0 atom stereocenters. The van der Waals surface area contributed by atoms with Crippen molar-refractivity contribution in [3.8, 4) is 0 Å². The van der Waals surface area contributed by atoms with Gasteiger partial charge in [0, 0.05) is 30.8 Å². The average molecular weight is 260 g/mol. The van der Waals surface area contributed by atoms with Crippen molar-refractivity contribution in [2.24, 2.45) is 0 Å². The third-order valence-corrected chi connectivity index (χ3v) is 2.67. The predicted molar refractivity (Wildman–Crippen MR) is 64.4 cm³/mol. The number of nitrogens with zero attached hydrogens (tertiary/aromatic N) is 1. The van der Waals surface area contributed by atoms with Gasteiger partial charge in [-0.3, -0.25) is 4.79 Å². The molecule has 1 aromatic rings. The number of halogens is 2. The van der Waals surface area contributed by atoms with Crippen LogP contribution in [0.4, 0.5) is 4.39 Å². The van der Waals surface area contributed by atoms with E-state index in [4.69, 9.17) is 16.3 Å². The lowest BCUT2D eigenvalue weighted by Gasteiger charge is -2.18. The highest BCUT2D eigenvalue weighted by molar-refractivity contribution is 6.31. The van der Waals surface area contributed by atoms with E-state index in [0.29, 0.717) is 17.2 Å². The Labute approximate surface area is 105 Å². The summed E-state index contributed by atoms with van der Waals surface area (Å²) >= 11 is 5.87. The number of hydrogen-bond acceptors (Lipinski definition) is 2. The van der Waals surface area contributed by atoms with Crippen LogP contribution >= 0.6 is 11.6 Å². The molecule has 94 valence electrons. The maximum Gasteiger partial charge on any atom is 0.248 e. The Morgan fingerprint density at radius 3 is 2.82 bits per heavy atom. The summed E-state index contributed by atoms with van der Waals surface area (Å²) in [6, 6.07) is 4.45. The maximum absolute atomic E-state index is 13.5. The second-order valence-electron chi connectivity index (χ2n) is 3.59. The fourth-order valence-electron chi connectivity index (χ4n) is 1.31. The zero-order chi connectivity index (χ0) is 12.8. The molecule has 0 radical (unpaired) electrons. The Kier molecular flexibility index (Phi) is 5.38. The Morgan fingerprint density at radius 1 is 1.53 bits per heavy atom. The lowest BCUT2D eigenvalue weighted by Crippen LogP contribution is -2.30. The van der Waals surface area contributed by atoms with Gasteiger partial charge in [-0.15, -0.1) is 0 Å². The van der Waals surface area contributed by atoms with Crippen molar-refractivity contribution < 1.29 is 13.9 Å². The first-order valence-electron chi connectivity index (χ1n) is 5.30. The zero-order valence-corrected chi connectivity index (χ0v) is 10.6. The van der Waals surface area contributed by atoms with Crippen LogP contribution in [0.2, 0.25) is 5.02 Å². The van der Waals surface area contributed by atoms with Crippen molar-refractivity contribution in [1.82, 2.24) is 4.90 Å². The van der Waals surface area contributed by atoms with E-state index in [2.05, 4.69) is 0 Å². The molecule has 0 unspecified atom stereocenters. The third-order valence-electron chi connectivity index (χ3n) is 2.31. The van der Waals surface area contributed by atoms with Crippen molar-refractivity contribution >= 4 is 17.5 Å². The van der Waals surface area contributed by atoms with E-state index in [1.807, 2.05) is 0 Å². The van der Waals surface area contributed by atoms with Crippen molar-refractivity contribution in [2.45, 2.75) is 13.5 Å². The SMILES string of the molecule is CCOCC(=O)N(C)Cc1c(F)cccc1Cl. The molecule has 1 rings (SSSR count). The van der Waals surface area contributed by atoms with E-state index >= 15 is 0 Å². The number of likely N-dealkylation sites (N-methyl/N-ethyl adjacent to an activating group) is 1. The number of carbonyl (C=O) groups excluding carboxylic acids is 1. The molecule has 0 aromatic heterocycles. The van der Waals surface area contributed by atoms with E-state index in [9.17, 15) is 9.18 Å². The molecule has 0 N–H and O–H groups in total. The van der Waals surface area contributed by atoms with Crippen LogP contribution in [0.25, 0.3) is 0 Å². The first-order valence-corrected chi connectivity index (χ1v) is 5.68. The van der Waals surface area contributed by atoms with Crippen LogP contribution in [0.3, 0.4) is 0 Å². The standard InChI is InChI=1S/C12H15ClFNO2/c1-3-17-8-12(16)15(2)7-9-10(13)5-4-6-11(9)14/h4-6H,3,7-8H2,1-2H3. The highest BCUT2D eigenvalue weighted by Crippen LogP contribution is 2.20. The quantitative estimate of drug-likeness (QED) is 0.813. The molecule has 1 aromatic carbocycles. The molecule has 0 aliphatic carbocycles. The molecule has 0 heterocycles. The van der Waals surface area contributed by atoms with Gasteiger partial charge in [-0.2, -0.15) is 0 Å². The van der Waals surface area contributed by atoms with Crippen molar-refractivity contribution in [2.75, 3.05) is 20.3 Å². The van der Waals surface area contributed by atoms with E-state index in [1.165, 1.54) is 17.0 Å². The molecule has 0 saturated heterocycles. The molecule has 17 heavy (non-hydrogen) atoms.